The third kappa shape index (κ3) is 5.03. The number of halogens is 1. The number of aromatic hydroxyl groups is 1. The smallest absolute Gasteiger partial charge is 0.229 e. The van der Waals surface area contributed by atoms with Crippen molar-refractivity contribution in [3.05, 3.63) is 77.2 Å². The Morgan fingerprint density at radius 2 is 1.79 bits per heavy atom. The predicted octanol–water partition coefficient (Wildman–Crippen LogP) is 5.07. The van der Waals surface area contributed by atoms with Crippen LogP contribution in [0.2, 0.25) is 5.15 Å². The molecule has 4 aromatic rings. The second-order valence-electron chi connectivity index (χ2n) is 7.78. The highest BCUT2D eigenvalue weighted by molar-refractivity contribution is 7.92. The minimum absolute atomic E-state index is 0.0356. The van der Waals surface area contributed by atoms with Gasteiger partial charge in [-0.05, 0) is 48.4 Å². The second kappa shape index (κ2) is 9.17. The number of aromatic nitrogens is 2. The summed E-state index contributed by atoms with van der Waals surface area (Å²) >= 11 is 6.07. The van der Waals surface area contributed by atoms with Crippen LogP contribution in [0.1, 0.15) is 24.1 Å². The van der Waals surface area contributed by atoms with Gasteiger partial charge in [0.25, 0.3) is 0 Å². The number of hydrogen-bond donors (Lipinski definition) is 3. The van der Waals surface area contributed by atoms with Crippen LogP contribution in [0.25, 0.3) is 22.0 Å². The fraction of sp³-hybridized carbons (Fsp3) is 0.125. The normalized spacial score (nSPS) is 12.2. The lowest BCUT2D eigenvalue weighted by Gasteiger charge is -2.19. The largest absolute Gasteiger partial charge is 0.508 e. The van der Waals surface area contributed by atoms with Crippen LogP contribution in [0.3, 0.4) is 0 Å². The van der Waals surface area contributed by atoms with Crippen molar-refractivity contribution in [3.63, 3.8) is 0 Å². The molecular weight excluding hydrogens is 474 g/mol. The SMILES string of the molecule is CC(Nc1c(C#N)cnc2ccc(-c3cnc(Cl)c(NS(C)(=O)=O)c3)cc12)c1ccc(O)cc1. The number of benzene rings is 2. The van der Waals surface area contributed by atoms with Gasteiger partial charge in [0.1, 0.15) is 11.8 Å². The average molecular weight is 494 g/mol. The van der Waals surface area contributed by atoms with Crippen molar-refractivity contribution in [1.29, 1.82) is 5.26 Å². The van der Waals surface area contributed by atoms with Crippen LogP contribution < -0.4 is 10.0 Å². The number of nitriles is 1. The van der Waals surface area contributed by atoms with E-state index in [1.54, 1.807) is 24.4 Å². The Morgan fingerprint density at radius 1 is 1.06 bits per heavy atom. The first kappa shape index (κ1) is 23.3. The summed E-state index contributed by atoms with van der Waals surface area (Å²) in [5.74, 6) is 0.175. The maximum absolute atomic E-state index is 11.7. The zero-order chi connectivity index (χ0) is 24.5. The minimum atomic E-state index is -3.54. The topological polar surface area (TPSA) is 128 Å². The Morgan fingerprint density at radius 3 is 2.47 bits per heavy atom. The Hall–Kier alpha value is -3.87. The van der Waals surface area contributed by atoms with Gasteiger partial charge in [-0.25, -0.2) is 13.4 Å². The summed E-state index contributed by atoms with van der Waals surface area (Å²) in [5.41, 5.74) is 4.16. The molecule has 0 aliphatic rings. The summed E-state index contributed by atoms with van der Waals surface area (Å²) in [6.07, 6.45) is 4.10. The standard InChI is InChI=1S/C24H20ClN5O3S/c1-14(15-3-6-19(31)7-4-15)29-23-18(11-26)13-27-21-8-5-16(9-20(21)23)17-10-22(24(25)28-12-17)30-34(2,32)33/h3-10,12-14,30-31H,1-2H3,(H,27,29). The minimum Gasteiger partial charge on any atom is -0.508 e. The number of pyridine rings is 2. The van der Waals surface area contributed by atoms with Gasteiger partial charge in [0, 0.05) is 29.4 Å². The Bertz CT molecular complexity index is 1530. The highest BCUT2D eigenvalue weighted by Gasteiger charge is 2.15. The van der Waals surface area contributed by atoms with Gasteiger partial charge in [-0.15, -0.1) is 0 Å². The van der Waals surface area contributed by atoms with Crippen LogP contribution in [-0.4, -0.2) is 29.7 Å². The molecule has 4 rings (SSSR count). The maximum Gasteiger partial charge on any atom is 0.229 e. The number of fused-ring (bicyclic) bond motifs is 1. The zero-order valence-corrected chi connectivity index (χ0v) is 19.8. The number of hydrogen-bond acceptors (Lipinski definition) is 7. The first-order valence-corrected chi connectivity index (χ1v) is 12.4. The molecule has 10 heteroatoms. The molecule has 0 spiro atoms. The van der Waals surface area contributed by atoms with E-state index in [0.29, 0.717) is 22.3 Å². The number of rotatable bonds is 6. The summed E-state index contributed by atoms with van der Waals surface area (Å²) in [5, 5.41) is 23.4. The van der Waals surface area contributed by atoms with Crippen molar-refractivity contribution < 1.29 is 13.5 Å². The number of nitrogens with zero attached hydrogens (tertiary/aromatic N) is 3. The molecule has 0 amide bonds. The molecule has 172 valence electrons. The highest BCUT2D eigenvalue weighted by atomic mass is 35.5. The van der Waals surface area contributed by atoms with Crippen molar-refractivity contribution in [3.8, 4) is 22.9 Å². The third-order valence-corrected chi connectivity index (χ3v) is 6.10. The molecule has 34 heavy (non-hydrogen) atoms. The van der Waals surface area contributed by atoms with Gasteiger partial charge in [-0.1, -0.05) is 29.8 Å². The van der Waals surface area contributed by atoms with Gasteiger partial charge in [-0.2, -0.15) is 5.26 Å². The molecule has 2 aromatic carbocycles. The zero-order valence-electron chi connectivity index (χ0n) is 18.2. The molecule has 3 N–H and O–H groups in total. The second-order valence-corrected chi connectivity index (χ2v) is 9.89. The van der Waals surface area contributed by atoms with Crippen molar-refractivity contribution in [1.82, 2.24) is 9.97 Å². The van der Waals surface area contributed by atoms with Gasteiger partial charge in [0.15, 0.2) is 5.15 Å². The van der Waals surface area contributed by atoms with Crippen LogP contribution in [0.4, 0.5) is 11.4 Å². The number of sulfonamides is 1. The predicted molar refractivity (Wildman–Crippen MR) is 133 cm³/mol. The Kier molecular flexibility index (Phi) is 6.28. The van der Waals surface area contributed by atoms with Crippen molar-refractivity contribution in [2.75, 3.05) is 16.3 Å². The van der Waals surface area contributed by atoms with Crippen molar-refractivity contribution >= 4 is 43.9 Å². The maximum atomic E-state index is 11.7. The average Bonchev–Trinajstić information content (AvgIpc) is 2.80. The molecule has 0 aliphatic carbocycles. The molecule has 2 heterocycles. The van der Waals surface area contributed by atoms with Gasteiger partial charge < -0.3 is 10.4 Å². The number of nitrogens with one attached hydrogen (secondary N) is 2. The van der Waals surface area contributed by atoms with E-state index in [4.69, 9.17) is 11.6 Å². The van der Waals surface area contributed by atoms with Crippen LogP contribution in [0.15, 0.2) is 60.9 Å². The monoisotopic (exact) mass is 493 g/mol. The quantitative estimate of drug-likeness (QED) is 0.320. The van der Waals surface area contributed by atoms with Crippen LogP contribution in [-0.2, 0) is 10.0 Å². The van der Waals surface area contributed by atoms with E-state index in [9.17, 15) is 18.8 Å². The molecule has 0 saturated carbocycles. The molecule has 0 saturated heterocycles. The molecule has 0 radical (unpaired) electrons. The van der Waals surface area contributed by atoms with Crippen LogP contribution in [0, 0.1) is 11.3 Å². The molecule has 8 nitrogen and oxygen atoms in total. The summed E-state index contributed by atoms with van der Waals surface area (Å²) in [7, 11) is -3.54. The molecule has 0 fully saturated rings. The summed E-state index contributed by atoms with van der Waals surface area (Å²) < 4.78 is 25.7. The molecule has 0 bridgehead atoms. The van der Waals surface area contributed by atoms with Crippen molar-refractivity contribution in [2.24, 2.45) is 0 Å². The molecule has 1 atom stereocenters. The van der Waals surface area contributed by atoms with E-state index in [2.05, 4.69) is 26.1 Å². The molecule has 0 aliphatic heterocycles. The van der Waals surface area contributed by atoms with Crippen molar-refractivity contribution in [2.45, 2.75) is 13.0 Å². The fourth-order valence-electron chi connectivity index (χ4n) is 3.55. The van der Waals surface area contributed by atoms with Gasteiger partial charge in [0.05, 0.1) is 28.7 Å². The van der Waals surface area contributed by atoms with E-state index >= 15 is 0 Å². The summed E-state index contributed by atoms with van der Waals surface area (Å²) in [6, 6.07) is 16.0. The van der Waals surface area contributed by atoms with E-state index in [1.807, 2.05) is 37.3 Å². The van der Waals surface area contributed by atoms with Gasteiger partial charge >= 0.3 is 0 Å². The van der Waals surface area contributed by atoms with Crippen LogP contribution in [0.5, 0.6) is 5.75 Å². The number of phenolic OH excluding ortho intramolecular Hbond substituents is 1. The lowest BCUT2D eigenvalue weighted by molar-refractivity contribution is 0.475. The summed E-state index contributed by atoms with van der Waals surface area (Å²) in [6.45, 7) is 1.95. The lowest BCUT2D eigenvalue weighted by Crippen LogP contribution is -2.10. The molecule has 1 unspecified atom stereocenters. The first-order valence-electron chi connectivity index (χ1n) is 10.2. The fourth-order valence-corrected chi connectivity index (χ4v) is 4.31. The summed E-state index contributed by atoms with van der Waals surface area (Å²) in [4.78, 5) is 8.50. The van der Waals surface area contributed by atoms with E-state index < -0.39 is 10.0 Å². The lowest BCUT2D eigenvalue weighted by atomic mass is 10.0. The Labute approximate surface area is 201 Å². The van der Waals surface area contributed by atoms with E-state index in [0.717, 1.165) is 22.8 Å². The van der Waals surface area contributed by atoms with E-state index in [1.165, 1.54) is 6.20 Å². The number of phenols is 1. The Balaban J connectivity index is 1.80. The first-order chi connectivity index (χ1) is 16.1. The van der Waals surface area contributed by atoms with Crippen LogP contribution >= 0.6 is 11.6 Å². The van der Waals surface area contributed by atoms with Gasteiger partial charge in [-0.3, -0.25) is 9.71 Å². The molecule has 2 aromatic heterocycles. The highest BCUT2D eigenvalue weighted by Crippen LogP contribution is 2.34. The number of anilines is 2. The molecular formula is C24H20ClN5O3S. The van der Waals surface area contributed by atoms with Gasteiger partial charge in [0.2, 0.25) is 10.0 Å². The van der Waals surface area contributed by atoms with E-state index in [-0.39, 0.29) is 22.6 Å². The third-order valence-electron chi connectivity index (χ3n) is 5.21.